The highest BCUT2D eigenvalue weighted by Crippen LogP contribution is 2.33. The van der Waals surface area contributed by atoms with Gasteiger partial charge in [-0.1, -0.05) is 12.1 Å². The van der Waals surface area contributed by atoms with Gasteiger partial charge in [-0.3, -0.25) is 38.8 Å². The van der Waals surface area contributed by atoms with Crippen LogP contribution in [0, 0.1) is 5.92 Å². The molecule has 0 saturated carbocycles. The van der Waals surface area contributed by atoms with Crippen molar-refractivity contribution in [1.29, 1.82) is 0 Å². The lowest BCUT2D eigenvalue weighted by Crippen LogP contribution is -2.47. The van der Waals surface area contributed by atoms with Crippen LogP contribution in [0.1, 0.15) is 48.6 Å². The van der Waals surface area contributed by atoms with Crippen molar-refractivity contribution in [2.75, 3.05) is 60.9 Å². The molecule has 322 valence electrons. The predicted molar refractivity (Wildman–Crippen MR) is 232 cm³/mol. The molecule has 7 heterocycles. The van der Waals surface area contributed by atoms with Crippen LogP contribution in [0.2, 0.25) is 0 Å². The summed E-state index contributed by atoms with van der Waals surface area (Å²) >= 11 is 0. The lowest BCUT2D eigenvalue weighted by molar-refractivity contribution is -0.135. The van der Waals surface area contributed by atoms with Crippen LogP contribution >= 0.6 is 0 Å². The number of pyridine rings is 1. The number of carbonyl (C=O) groups is 3. The summed E-state index contributed by atoms with van der Waals surface area (Å²) in [6.45, 7) is 6.36. The Morgan fingerprint density at radius 3 is 2.34 bits per heavy atom. The minimum absolute atomic E-state index is 0.0676. The summed E-state index contributed by atoms with van der Waals surface area (Å²) in [6.07, 6.45) is 6.70. The van der Waals surface area contributed by atoms with Gasteiger partial charge in [0.15, 0.2) is 0 Å². The summed E-state index contributed by atoms with van der Waals surface area (Å²) in [6, 6.07) is 19.4. The van der Waals surface area contributed by atoms with Gasteiger partial charge in [0.1, 0.15) is 17.4 Å². The average Bonchev–Trinajstić information content (AvgIpc) is 4.03. The van der Waals surface area contributed by atoms with Crippen molar-refractivity contribution in [2.24, 2.45) is 18.1 Å². The number of imidazole rings is 1. The minimum Gasteiger partial charge on any atom is -0.370 e. The fourth-order valence-electron chi connectivity index (χ4n) is 8.86. The van der Waals surface area contributed by atoms with Gasteiger partial charge in [-0.15, -0.1) is 0 Å². The van der Waals surface area contributed by atoms with E-state index in [0.29, 0.717) is 34.9 Å². The van der Waals surface area contributed by atoms with E-state index >= 15 is 0 Å². The summed E-state index contributed by atoms with van der Waals surface area (Å²) < 4.78 is 29.6. The molecule has 0 bridgehead atoms. The number of piperidine rings is 2. The molecule has 2 aromatic carbocycles. The third-order valence-corrected chi connectivity index (χ3v) is 13.1. The molecule has 0 spiro atoms. The number of hydrogen-bond donors (Lipinski definition) is 4. The Morgan fingerprint density at radius 2 is 1.63 bits per heavy atom. The number of H-pyrrole nitrogens is 1. The number of nitrogens with zero attached hydrogens (tertiary/aromatic N) is 9. The summed E-state index contributed by atoms with van der Waals surface area (Å²) in [4.78, 5) is 62.7. The van der Waals surface area contributed by atoms with E-state index in [0.717, 1.165) is 82.0 Å². The number of fused-ring (bicyclic) bond motifs is 1. The van der Waals surface area contributed by atoms with E-state index in [9.17, 15) is 27.6 Å². The topological polar surface area (TPSA) is 231 Å². The number of benzene rings is 2. The Bertz CT molecular complexity index is 2820. The predicted octanol–water partition coefficient (Wildman–Crippen LogP) is 2.62. The van der Waals surface area contributed by atoms with Crippen LogP contribution in [0.4, 0.5) is 17.1 Å². The SMILES string of the molecule is Cn1c(=O)n(C2CCC(=O)NC2=O)c2cccc(N3CCC(CCN4CCN(c5ccc(-n6cc(NC(=O)c7cccc(-c8ccn[nH]8)n7)c(S(N)(=O)=O)n6)cc5)CC4)CC3)c21. The van der Waals surface area contributed by atoms with E-state index in [1.165, 1.54) is 16.9 Å². The second-order valence-corrected chi connectivity index (χ2v) is 17.5. The number of para-hydroxylation sites is 1. The number of rotatable bonds is 11. The standard InChI is InChI=1S/C42H47N13O6S/c1-50-38-34(6-3-7-35(38)55(42(50)59)36-12-13-37(56)47-40(36)58)53-20-16-27(17-21-53)15-19-51-22-24-52(25-23-51)28-8-10-29(11-9-28)54-26-33(41(49-54)62(43,60)61)46-39(57)32-5-2-4-30(45-32)31-14-18-44-48-31/h2-11,14,18,26-27,36H,12-13,15-17,19-25H2,1H3,(H,44,48)(H,46,57)(H2,43,60,61)(H,47,56,58). The highest BCUT2D eigenvalue weighted by molar-refractivity contribution is 7.89. The van der Waals surface area contributed by atoms with Crippen molar-refractivity contribution in [1.82, 2.24) is 44.3 Å². The molecule has 3 aliphatic heterocycles. The molecule has 0 radical (unpaired) electrons. The second-order valence-electron chi connectivity index (χ2n) is 16.1. The minimum atomic E-state index is -4.29. The number of hydrogen-bond acceptors (Lipinski definition) is 12. The van der Waals surface area contributed by atoms with Crippen LogP contribution in [0.3, 0.4) is 0 Å². The molecule has 3 fully saturated rings. The maximum Gasteiger partial charge on any atom is 0.329 e. The van der Waals surface area contributed by atoms with E-state index in [1.54, 1.807) is 40.6 Å². The molecule has 9 rings (SSSR count). The number of nitrogens with two attached hydrogens (primary N) is 1. The Balaban J connectivity index is 0.776. The first kappa shape index (κ1) is 40.7. The van der Waals surface area contributed by atoms with Crippen molar-refractivity contribution in [3.63, 3.8) is 0 Å². The van der Waals surface area contributed by atoms with Gasteiger partial charge < -0.3 is 15.1 Å². The molecule has 3 aliphatic rings. The maximum absolute atomic E-state index is 13.4. The highest BCUT2D eigenvalue weighted by Gasteiger charge is 2.33. The first-order chi connectivity index (χ1) is 29.9. The van der Waals surface area contributed by atoms with Crippen LogP contribution in [0.5, 0.6) is 0 Å². The molecule has 20 heteroatoms. The number of primary sulfonamides is 1. The smallest absolute Gasteiger partial charge is 0.329 e. The Labute approximate surface area is 356 Å². The molecule has 3 amide bonds. The van der Waals surface area contributed by atoms with Crippen LogP contribution in [-0.2, 0) is 26.7 Å². The quantitative estimate of drug-likeness (QED) is 0.138. The fraction of sp³-hybridized carbons (Fsp3) is 0.357. The lowest BCUT2D eigenvalue weighted by Gasteiger charge is -2.38. The Morgan fingerprint density at radius 1 is 0.887 bits per heavy atom. The van der Waals surface area contributed by atoms with Crippen molar-refractivity contribution in [3.8, 4) is 17.1 Å². The molecule has 6 aromatic rings. The lowest BCUT2D eigenvalue weighted by atomic mass is 9.93. The number of aromatic amines is 1. The van der Waals surface area contributed by atoms with E-state index in [2.05, 4.69) is 45.6 Å². The number of aryl methyl sites for hydroxylation is 1. The fourth-order valence-corrected chi connectivity index (χ4v) is 9.47. The third kappa shape index (κ3) is 8.10. The Kier molecular flexibility index (Phi) is 11.0. The zero-order chi connectivity index (χ0) is 43.1. The van der Waals surface area contributed by atoms with Crippen LogP contribution in [-0.4, -0.2) is 111 Å². The molecular weight excluding hydrogens is 815 g/mol. The van der Waals surface area contributed by atoms with E-state index in [1.807, 2.05) is 42.5 Å². The number of imide groups is 1. The van der Waals surface area contributed by atoms with Gasteiger partial charge in [0.2, 0.25) is 16.8 Å². The van der Waals surface area contributed by atoms with Gasteiger partial charge in [-0.05, 0) is 92.7 Å². The van der Waals surface area contributed by atoms with Gasteiger partial charge in [0.05, 0.1) is 40.0 Å². The molecule has 1 unspecified atom stereocenters. The first-order valence-electron chi connectivity index (χ1n) is 20.7. The van der Waals surface area contributed by atoms with Crippen LogP contribution in [0.15, 0.2) is 88.9 Å². The highest BCUT2D eigenvalue weighted by atomic mass is 32.2. The van der Waals surface area contributed by atoms with Crippen molar-refractivity contribution < 1.29 is 22.8 Å². The van der Waals surface area contributed by atoms with Crippen molar-refractivity contribution in [2.45, 2.75) is 43.2 Å². The monoisotopic (exact) mass is 861 g/mol. The van der Waals surface area contributed by atoms with Gasteiger partial charge in [0.25, 0.3) is 15.9 Å². The normalized spacial score (nSPS) is 18.1. The van der Waals surface area contributed by atoms with Crippen molar-refractivity contribution >= 4 is 55.8 Å². The van der Waals surface area contributed by atoms with E-state index in [-0.39, 0.29) is 29.4 Å². The number of anilines is 3. The van der Waals surface area contributed by atoms with Gasteiger partial charge >= 0.3 is 5.69 Å². The molecule has 3 saturated heterocycles. The number of nitrogens with one attached hydrogen (secondary N) is 3. The van der Waals surface area contributed by atoms with Crippen molar-refractivity contribution in [3.05, 3.63) is 95.3 Å². The number of piperazine rings is 1. The third-order valence-electron chi connectivity index (χ3n) is 12.2. The van der Waals surface area contributed by atoms with Gasteiger partial charge in [-0.2, -0.15) is 10.2 Å². The first-order valence-corrected chi connectivity index (χ1v) is 22.2. The summed E-state index contributed by atoms with van der Waals surface area (Å²) in [5.41, 5.74) is 5.00. The molecule has 5 N–H and O–H groups in total. The summed E-state index contributed by atoms with van der Waals surface area (Å²) in [5.74, 6) is -0.777. The largest absolute Gasteiger partial charge is 0.370 e. The van der Waals surface area contributed by atoms with E-state index < -0.39 is 32.9 Å². The molecule has 4 aromatic heterocycles. The zero-order valence-corrected chi connectivity index (χ0v) is 34.9. The maximum atomic E-state index is 13.4. The molecule has 19 nitrogen and oxygen atoms in total. The number of aromatic nitrogens is 7. The molecular formula is C42H47N13O6S. The molecule has 0 aliphatic carbocycles. The summed E-state index contributed by atoms with van der Waals surface area (Å²) in [5, 5.41) is 21.0. The van der Waals surface area contributed by atoms with E-state index in [4.69, 9.17) is 5.14 Å². The Hall–Kier alpha value is -6.64. The van der Waals surface area contributed by atoms with Gasteiger partial charge in [0, 0.05) is 64.6 Å². The average molecular weight is 862 g/mol. The number of carbonyl (C=O) groups excluding carboxylic acids is 3. The zero-order valence-electron chi connectivity index (χ0n) is 34.1. The summed E-state index contributed by atoms with van der Waals surface area (Å²) in [7, 11) is -2.54. The number of sulfonamides is 1. The van der Waals surface area contributed by atoms with Crippen LogP contribution < -0.4 is 31.3 Å². The number of amides is 3. The molecule has 1 atom stereocenters. The van der Waals surface area contributed by atoms with Crippen LogP contribution in [0.25, 0.3) is 28.1 Å². The molecule has 62 heavy (non-hydrogen) atoms. The second kappa shape index (κ2) is 16.7. The van der Waals surface area contributed by atoms with Gasteiger partial charge in [-0.25, -0.2) is 28.0 Å².